The first-order valence-electron chi connectivity index (χ1n) is 7.74. The van der Waals surface area contributed by atoms with Crippen molar-refractivity contribution in [2.24, 2.45) is 5.10 Å². The molecule has 26 heavy (non-hydrogen) atoms. The number of aromatic nitrogens is 1. The van der Waals surface area contributed by atoms with Gasteiger partial charge in [0.15, 0.2) is 0 Å². The van der Waals surface area contributed by atoms with Crippen LogP contribution in [0, 0.1) is 17.0 Å². The molecule has 3 rings (SSSR count). The molecule has 8 nitrogen and oxygen atoms in total. The number of hydrogen-bond acceptors (Lipinski definition) is 5. The number of nitrogens with one attached hydrogen (secondary N) is 2. The summed E-state index contributed by atoms with van der Waals surface area (Å²) in [6, 6.07) is 11.9. The quantitative estimate of drug-likeness (QED) is 0.417. The molecule has 0 bridgehead atoms. The summed E-state index contributed by atoms with van der Waals surface area (Å²) in [5.74, 6) is 0.249. The van der Waals surface area contributed by atoms with Crippen molar-refractivity contribution >= 4 is 28.7 Å². The first-order valence-corrected chi connectivity index (χ1v) is 7.74. The van der Waals surface area contributed by atoms with Crippen LogP contribution >= 0.6 is 0 Å². The minimum Gasteiger partial charge on any atom is -0.497 e. The molecular formula is C18H16N4O4. The SMILES string of the molecule is COc1ccc(/C=N\NC(=O)c2[nH]c3c([N+](=O)[O-])cccc3c2C)cc1. The fraction of sp³-hybridized carbons (Fsp3) is 0.111. The Morgan fingerprint density at radius 3 is 2.65 bits per heavy atom. The molecule has 8 heteroatoms. The predicted molar refractivity (Wildman–Crippen MR) is 97.7 cm³/mol. The maximum atomic E-state index is 12.4. The molecule has 0 spiro atoms. The highest BCUT2D eigenvalue weighted by atomic mass is 16.6. The highest BCUT2D eigenvalue weighted by Crippen LogP contribution is 2.29. The van der Waals surface area contributed by atoms with Gasteiger partial charge in [-0.05, 0) is 42.3 Å². The number of benzene rings is 2. The second kappa shape index (κ2) is 7.06. The van der Waals surface area contributed by atoms with Gasteiger partial charge in [0, 0.05) is 11.5 Å². The third-order valence-electron chi connectivity index (χ3n) is 3.99. The Morgan fingerprint density at radius 1 is 1.27 bits per heavy atom. The van der Waals surface area contributed by atoms with E-state index in [1.807, 2.05) is 0 Å². The van der Waals surface area contributed by atoms with Gasteiger partial charge >= 0.3 is 0 Å². The molecule has 0 saturated carbocycles. The Kier molecular flexibility index (Phi) is 4.66. The van der Waals surface area contributed by atoms with Crippen molar-refractivity contribution in [3.63, 3.8) is 0 Å². The number of non-ortho nitro benzene ring substituents is 1. The largest absolute Gasteiger partial charge is 0.497 e. The van der Waals surface area contributed by atoms with Gasteiger partial charge in [0.2, 0.25) is 0 Å². The van der Waals surface area contributed by atoms with Crippen molar-refractivity contribution in [3.05, 3.63) is 69.4 Å². The average Bonchev–Trinajstić information content (AvgIpc) is 2.99. The van der Waals surface area contributed by atoms with Gasteiger partial charge in [-0.25, -0.2) is 5.43 Å². The summed E-state index contributed by atoms with van der Waals surface area (Å²) in [5, 5.41) is 15.7. The molecule has 1 heterocycles. The zero-order valence-electron chi connectivity index (χ0n) is 14.1. The summed E-state index contributed by atoms with van der Waals surface area (Å²) in [6.45, 7) is 1.73. The molecule has 0 saturated heterocycles. The van der Waals surface area contributed by atoms with Gasteiger partial charge in [-0.15, -0.1) is 0 Å². The summed E-state index contributed by atoms with van der Waals surface area (Å²) in [5.41, 5.74) is 4.32. The molecule has 0 aliphatic heterocycles. The van der Waals surface area contributed by atoms with Crippen LogP contribution < -0.4 is 10.2 Å². The molecule has 132 valence electrons. The van der Waals surface area contributed by atoms with Crippen LogP contribution in [0.3, 0.4) is 0 Å². The van der Waals surface area contributed by atoms with Crippen LogP contribution in [0.2, 0.25) is 0 Å². The van der Waals surface area contributed by atoms with Gasteiger partial charge in [0.05, 0.1) is 18.2 Å². The van der Waals surface area contributed by atoms with Gasteiger partial charge in [-0.1, -0.05) is 12.1 Å². The molecule has 2 N–H and O–H groups in total. The molecule has 1 amide bonds. The summed E-state index contributed by atoms with van der Waals surface area (Å²) >= 11 is 0. The maximum Gasteiger partial charge on any atom is 0.293 e. The standard InChI is InChI=1S/C18H16N4O4/c1-11-14-4-3-5-15(22(24)25)17(14)20-16(11)18(23)21-19-10-12-6-8-13(26-2)9-7-12/h3-10,20H,1-2H3,(H,21,23)/b19-10-. The van der Waals surface area contributed by atoms with Gasteiger partial charge in [-0.3, -0.25) is 14.9 Å². The lowest BCUT2D eigenvalue weighted by atomic mass is 10.1. The predicted octanol–water partition coefficient (Wildman–Crippen LogP) is 3.16. The molecule has 0 fully saturated rings. The highest BCUT2D eigenvalue weighted by molar-refractivity contribution is 6.03. The van der Waals surface area contributed by atoms with Crippen molar-refractivity contribution < 1.29 is 14.5 Å². The number of methoxy groups -OCH3 is 1. The lowest BCUT2D eigenvalue weighted by Crippen LogP contribution is -2.18. The summed E-state index contributed by atoms with van der Waals surface area (Å²) in [6.07, 6.45) is 1.50. The Labute approximate surface area is 148 Å². The zero-order valence-corrected chi connectivity index (χ0v) is 14.1. The number of hydrazone groups is 1. The van der Waals surface area contributed by atoms with Crippen molar-refractivity contribution in [1.29, 1.82) is 0 Å². The second-order valence-corrected chi connectivity index (χ2v) is 5.55. The van der Waals surface area contributed by atoms with Crippen molar-refractivity contribution in [1.82, 2.24) is 10.4 Å². The second-order valence-electron chi connectivity index (χ2n) is 5.55. The molecule has 0 atom stereocenters. The van der Waals surface area contributed by atoms with Crippen LogP contribution in [0.5, 0.6) is 5.75 Å². The van der Waals surface area contributed by atoms with Crippen LogP contribution in [0.25, 0.3) is 10.9 Å². The zero-order chi connectivity index (χ0) is 18.7. The number of rotatable bonds is 5. The number of fused-ring (bicyclic) bond motifs is 1. The van der Waals surface area contributed by atoms with E-state index < -0.39 is 10.8 Å². The molecule has 1 aromatic heterocycles. The monoisotopic (exact) mass is 352 g/mol. The minimum atomic E-state index is -0.484. The van der Waals surface area contributed by atoms with Gasteiger partial charge < -0.3 is 9.72 Å². The number of carbonyl (C=O) groups excluding carboxylic acids is 1. The summed E-state index contributed by atoms with van der Waals surface area (Å²) < 4.78 is 5.07. The third kappa shape index (κ3) is 3.25. The van der Waals surface area contributed by atoms with E-state index in [-0.39, 0.29) is 11.4 Å². The number of amides is 1. The number of ether oxygens (including phenoxy) is 1. The van der Waals surface area contributed by atoms with E-state index in [4.69, 9.17) is 4.74 Å². The Balaban J connectivity index is 1.81. The third-order valence-corrected chi connectivity index (χ3v) is 3.99. The van der Waals surface area contributed by atoms with E-state index in [9.17, 15) is 14.9 Å². The normalized spacial score (nSPS) is 11.0. The maximum absolute atomic E-state index is 12.4. The van der Waals surface area contributed by atoms with Crippen molar-refractivity contribution in [2.75, 3.05) is 7.11 Å². The molecule has 0 aliphatic carbocycles. The van der Waals surface area contributed by atoms with E-state index in [0.717, 1.165) is 11.3 Å². The fourth-order valence-electron chi connectivity index (χ4n) is 2.63. The number of hydrogen-bond donors (Lipinski definition) is 2. The Bertz CT molecular complexity index is 1010. The number of nitro groups is 1. The smallest absolute Gasteiger partial charge is 0.293 e. The first kappa shape index (κ1) is 17.2. The van der Waals surface area contributed by atoms with E-state index in [1.54, 1.807) is 50.4 Å². The number of nitrogens with zero attached hydrogens (tertiary/aromatic N) is 2. The van der Waals surface area contributed by atoms with E-state index in [2.05, 4.69) is 15.5 Å². The van der Waals surface area contributed by atoms with E-state index in [0.29, 0.717) is 16.5 Å². The Hall–Kier alpha value is -3.68. The van der Waals surface area contributed by atoms with Crippen molar-refractivity contribution in [2.45, 2.75) is 6.92 Å². The van der Waals surface area contributed by atoms with E-state index in [1.165, 1.54) is 12.3 Å². The van der Waals surface area contributed by atoms with Crippen LogP contribution in [-0.2, 0) is 0 Å². The van der Waals surface area contributed by atoms with Crippen LogP contribution in [-0.4, -0.2) is 29.1 Å². The number of carbonyl (C=O) groups is 1. The number of nitro benzene ring substituents is 1. The number of aromatic amines is 1. The molecule has 2 aromatic carbocycles. The molecule has 3 aromatic rings. The van der Waals surface area contributed by atoms with Crippen molar-refractivity contribution in [3.8, 4) is 5.75 Å². The molecular weight excluding hydrogens is 336 g/mol. The lowest BCUT2D eigenvalue weighted by Gasteiger charge is -2.00. The number of aryl methyl sites for hydroxylation is 1. The number of H-pyrrole nitrogens is 1. The lowest BCUT2D eigenvalue weighted by molar-refractivity contribution is -0.383. The van der Waals surface area contributed by atoms with Gasteiger partial charge in [0.1, 0.15) is 17.0 Å². The van der Waals surface area contributed by atoms with Crippen LogP contribution in [0.1, 0.15) is 21.6 Å². The molecule has 0 aliphatic rings. The summed E-state index contributed by atoms with van der Waals surface area (Å²) in [4.78, 5) is 25.8. The topological polar surface area (TPSA) is 110 Å². The molecule has 0 radical (unpaired) electrons. The fourth-order valence-corrected chi connectivity index (χ4v) is 2.63. The highest BCUT2D eigenvalue weighted by Gasteiger charge is 2.20. The number of para-hydroxylation sites is 1. The average molecular weight is 352 g/mol. The Morgan fingerprint density at radius 2 is 2.00 bits per heavy atom. The van der Waals surface area contributed by atoms with Crippen LogP contribution in [0.4, 0.5) is 5.69 Å². The van der Waals surface area contributed by atoms with Gasteiger partial charge in [0.25, 0.3) is 11.6 Å². The summed E-state index contributed by atoms with van der Waals surface area (Å²) in [7, 11) is 1.58. The minimum absolute atomic E-state index is 0.0774. The van der Waals surface area contributed by atoms with Gasteiger partial charge in [-0.2, -0.15) is 5.10 Å². The van der Waals surface area contributed by atoms with Crippen LogP contribution in [0.15, 0.2) is 47.6 Å². The molecule has 0 unspecified atom stereocenters. The first-order chi connectivity index (χ1) is 12.5. The van der Waals surface area contributed by atoms with E-state index >= 15 is 0 Å².